The van der Waals surface area contributed by atoms with E-state index in [1.54, 1.807) is 23.5 Å². The topological polar surface area (TPSA) is 87.9 Å². The van der Waals surface area contributed by atoms with Gasteiger partial charge in [0.1, 0.15) is 10.5 Å². The predicted octanol–water partition coefficient (Wildman–Crippen LogP) is 3.36. The van der Waals surface area contributed by atoms with Crippen molar-refractivity contribution in [2.24, 2.45) is 23.5 Å². The maximum atomic E-state index is 13.1. The standard InChI is InChI=1S/C22H35NO5S2/c1-3-26-20(24)18-15(14-11-8-12-28-14)16-17(23)19(21(25)27-4-2)30-22(16,29-18)13-9-6-5-7-10-13/h13-19H,3-12,23H2,1-2H3. The summed E-state index contributed by atoms with van der Waals surface area (Å²) in [6.07, 6.45) is 7.89. The highest BCUT2D eigenvalue weighted by Crippen LogP contribution is 2.70. The molecule has 8 heteroatoms. The minimum absolute atomic E-state index is 0.00923. The highest BCUT2D eigenvalue weighted by Gasteiger charge is 2.70. The maximum absolute atomic E-state index is 13.1. The van der Waals surface area contributed by atoms with Gasteiger partial charge in [-0.25, -0.2) is 0 Å². The van der Waals surface area contributed by atoms with E-state index in [4.69, 9.17) is 19.9 Å². The Morgan fingerprint density at radius 2 is 1.60 bits per heavy atom. The second-order valence-electron chi connectivity index (χ2n) is 8.87. The molecule has 7 atom stereocenters. The number of hydrogen-bond donors (Lipinski definition) is 1. The molecule has 170 valence electrons. The lowest BCUT2D eigenvalue weighted by Gasteiger charge is -2.40. The molecule has 7 unspecified atom stereocenters. The van der Waals surface area contributed by atoms with Gasteiger partial charge in [0.15, 0.2) is 0 Å². The second kappa shape index (κ2) is 9.59. The van der Waals surface area contributed by atoms with Crippen molar-refractivity contribution in [3.63, 3.8) is 0 Å². The van der Waals surface area contributed by atoms with E-state index in [2.05, 4.69) is 0 Å². The Bertz CT molecular complexity index is 637. The van der Waals surface area contributed by atoms with Gasteiger partial charge in [-0.1, -0.05) is 19.3 Å². The largest absolute Gasteiger partial charge is 0.465 e. The fourth-order valence-electron chi connectivity index (χ4n) is 6.07. The van der Waals surface area contributed by atoms with E-state index in [9.17, 15) is 9.59 Å². The van der Waals surface area contributed by atoms with Gasteiger partial charge in [-0.2, -0.15) is 0 Å². The molecule has 0 spiro atoms. The van der Waals surface area contributed by atoms with Crippen LogP contribution >= 0.6 is 23.5 Å². The molecule has 3 aliphatic heterocycles. The summed E-state index contributed by atoms with van der Waals surface area (Å²) in [5, 5.41) is -0.655. The summed E-state index contributed by atoms with van der Waals surface area (Å²) in [4.78, 5) is 25.9. The highest BCUT2D eigenvalue weighted by atomic mass is 32.2. The number of fused-ring (bicyclic) bond motifs is 1. The van der Waals surface area contributed by atoms with Crippen molar-refractivity contribution in [1.29, 1.82) is 0 Å². The van der Waals surface area contributed by atoms with Crippen LogP contribution in [0.4, 0.5) is 0 Å². The van der Waals surface area contributed by atoms with Crippen LogP contribution in [0.25, 0.3) is 0 Å². The van der Waals surface area contributed by atoms with E-state index < -0.39 is 0 Å². The summed E-state index contributed by atoms with van der Waals surface area (Å²) < 4.78 is 16.8. The molecule has 0 aromatic carbocycles. The maximum Gasteiger partial charge on any atom is 0.320 e. The minimum Gasteiger partial charge on any atom is -0.465 e. The molecule has 2 N–H and O–H groups in total. The summed E-state index contributed by atoms with van der Waals surface area (Å²) in [5.74, 6) is 0.120. The highest BCUT2D eigenvalue weighted by molar-refractivity contribution is 8.19. The molecule has 30 heavy (non-hydrogen) atoms. The minimum atomic E-state index is -0.378. The van der Waals surface area contributed by atoms with Crippen molar-refractivity contribution in [2.75, 3.05) is 19.8 Å². The Morgan fingerprint density at radius 1 is 0.967 bits per heavy atom. The fourth-order valence-corrected chi connectivity index (χ4v) is 10.7. The van der Waals surface area contributed by atoms with Crippen LogP contribution in [0.1, 0.15) is 58.8 Å². The van der Waals surface area contributed by atoms with E-state index >= 15 is 0 Å². The van der Waals surface area contributed by atoms with Gasteiger partial charge < -0.3 is 19.9 Å². The lowest BCUT2D eigenvalue weighted by atomic mass is 9.71. The third-order valence-electron chi connectivity index (χ3n) is 7.22. The number of rotatable bonds is 6. The second-order valence-corrected chi connectivity index (χ2v) is 12.0. The molecule has 0 aromatic heterocycles. The van der Waals surface area contributed by atoms with Gasteiger partial charge in [0.2, 0.25) is 0 Å². The van der Waals surface area contributed by atoms with Gasteiger partial charge in [0.25, 0.3) is 0 Å². The first kappa shape index (κ1) is 22.7. The number of hydrogen-bond acceptors (Lipinski definition) is 8. The first-order valence-electron chi connectivity index (χ1n) is 11.6. The molecule has 4 aliphatic rings. The third kappa shape index (κ3) is 3.90. The van der Waals surface area contributed by atoms with Crippen LogP contribution in [0.3, 0.4) is 0 Å². The number of carbonyl (C=O) groups excluding carboxylic acids is 2. The molecule has 3 heterocycles. The SMILES string of the molecule is CCOC(=O)C1SC2(C3CCCCC3)SC(C(=O)OCC)C(C3CCCO3)C2C1N. The Kier molecular flexibility index (Phi) is 7.27. The van der Waals surface area contributed by atoms with Crippen LogP contribution in [-0.2, 0) is 23.8 Å². The lowest BCUT2D eigenvalue weighted by molar-refractivity contribution is -0.145. The van der Waals surface area contributed by atoms with Crippen LogP contribution in [0.5, 0.6) is 0 Å². The Labute approximate surface area is 188 Å². The van der Waals surface area contributed by atoms with Crippen molar-refractivity contribution < 1.29 is 23.8 Å². The number of carbonyl (C=O) groups is 2. The first-order valence-corrected chi connectivity index (χ1v) is 13.4. The van der Waals surface area contributed by atoms with Crippen LogP contribution in [0, 0.1) is 17.8 Å². The molecule has 0 amide bonds. The van der Waals surface area contributed by atoms with E-state index in [-0.39, 0.29) is 50.5 Å². The van der Waals surface area contributed by atoms with Crippen molar-refractivity contribution in [3.8, 4) is 0 Å². The molecule has 0 radical (unpaired) electrons. The molecular formula is C22H35NO5S2. The fraction of sp³-hybridized carbons (Fsp3) is 0.909. The number of esters is 2. The van der Waals surface area contributed by atoms with Crippen LogP contribution in [-0.4, -0.2) is 58.5 Å². The average molecular weight is 458 g/mol. The molecule has 0 bridgehead atoms. The molecule has 4 rings (SSSR count). The van der Waals surface area contributed by atoms with E-state index in [1.165, 1.54) is 19.3 Å². The van der Waals surface area contributed by atoms with E-state index in [0.29, 0.717) is 19.1 Å². The van der Waals surface area contributed by atoms with Crippen LogP contribution in [0.15, 0.2) is 0 Å². The zero-order valence-electron chi connectivity index (χ0n) is 18.0. The van der Waals surface area contributed by atoms with E-state index in [1.807, 2.05) is 13.8 Å². The predicted molar refractivity (Wildman–Crippen MR) is 119 cm³/mol. The number of nitrogens with two attached hydrogens (primary N) is 1. The normalized spacial score (nSPS) is 41.6. The monoisotopic (exact) mass is 457 g/mol. The van der Waals surface area contributed by atoms with Gasteiger partial charge in [-0.05, 0) is 45.4 Å². The van der Waals surface area contributed by atoms with Crippen molar-refractivity contribution in [2.45, 2.75) is 85.5 Å². The summed E-state index contributed by atoms with van der Waals surface area (Å²) in [6.45, 7) is 5.15. The zero-order valence-corrected chi connectivity index (χ0v) is 19.7. The molecule has 3 saturated heterocycles. The van der Waals surface area contributed by atoms with Crippen molar-refractivity contribution in [1.82, 2.24) is 0 Å². The summed E-state index contributed by atoms with van der Waals surface area (Å²) in [7, 11) is 0. The molecule has 6 nitrogen and oxygen atoms in total. The van der Waals surface area contributed by atoms with Gasteiger partial charge in [-0.15, -0.1) is 23.5 Å². The zero-order chi connectivity index (χ0) is 21.3. The van der Waals surface area contributed by atoms with Gasteiger partial charge in [0, 0.05) is 24.5 Å². The van der Waals surface area contributed by atoms with Gasteiger partial charge in [-0.3, -0.25) is 9.59 Å². The van der Waals surface area contributed by atoms with Crippen molar-refractivity contribution >= 4 is 35.5 Å². The third-order valence-corrected chi connectivity index (χ3v) is 11.3. The Morgan fingerprint density at radius 3 is 2.20 bits per heavy atom. The Balaban J connectivity index is 1.72. The van der Waals surface area contributed by atoms with Gasteiger partial charge in [0.05, 0.1) is 23.4 Å². The summed E-state index contributed by atoms with van der Waals surface area (Å²) in [6, 6.07) is -0.336. The number of thioether (sulfide) groups is 2. The summed E-state index contributed by atoms with van der Waals surface area (Å²) in [5.41, 5.74) is 6.84. The van der Waals surface area contributed by atoms with Gasteiger partial charge >= 0.3 is 11.9 Å². The quantitative estimate of drug-likeness (QED) is 0.608. The summed E-state index contributed by atoms with van der Waals surface area (Å²) >= 11 is 3.44. The molecule has 4 fully saturated rings. The number of ether oxygens (including phenoxy) is 3. The molecule has 1 saturated carbocycles. The van der Waals surface area contributed by atoms with E-state index in [0.717, 1.165) is 32.3 Å². The average Bonchev–Trinajstić information content (AvgIpc) is 3.44. The first-order chi connectivity index (χ1) is 14.5. The molecule has 1 aliphatic carbocycles. The van der Waals surface area contributed by atoms with Crippen molar-refractivity contribution in [3.05, 3.63) is 0 Å². The smallest absolute Gasteiger partial charge is 0.320 e. The molecular weight excluding hydrogens is 422 g/mol. The lowest BCUT2D eigenvalue weighted by Crippen LogP contribution is -2.49. The van der Waals surface area contributed by atoms with Crippen LogP contribution in [0.2, 0.25) is 0 Å². The van der Waals surface area contributed by atoms with Crippen LogP contribution < -0.4 is 5.73 Å². The molecule has 0 aromatic rings. The Hall–Kier alpha value is -0.440.